The second kappa shape index (κ2) is 6.12. The van der Waals surface area contributed by atoms with Gasteiger partial charge in [-0.2, -0.15) is 13.2 Å². The summed E-state index contributed by atoms with van der Waals surface area (Å²) in [5.74, 6) is -0.219. The summed E-state index contributed by atoms with van der Waals surface area (Å²) in [4.78, 5) is 15.4. The van der Waals surface area contributed by atoms with Gasteiger partial charge < -0.3 is 10.4 Å². The molecule has 0 radical (unpaired) electrons. The number of aliphatic hydroxyl groups excluding tert-OH is 1. The van der Waals surface area contributed by atoms with Gasteiger partial charge in [-0.3, -0.25) is 5.32 Å². The molecule has 0 saturated carbocycles. The molecule has 1 aliphatic rings. The number of hydrogen-bond acceptors (Lipinski definition) is 3. The number of nitrogens with one attached hydrogen (secondary N) is 2. The molecule has 1 aromatic carbocycles. The molecular formula is C16H14F3N3O2. The van der Waals surface area contributed by atoms with E-state index in [9.17, 15) is 23.1 Å². The smallest absolute Gasteiger partial charge is 0.390 e. The van der Waals surface area contributed by atoms with Crippen LogP contribution in [0.15, 0.2) is 42.5 Å². The van der Waals surface area contributed by atoms with Crippen molar-refractivity contribution in [2.45, 2.75) is 24.7 Å². The molecule has 1 aliphatic carbocycles. The maximum atomic E-state index is 12.6. The molecule has 2 amide bonds. The summed E-state index contributed by atoms with van der Waals surface area (Å²) in [6.07, 6.45) is -4.97. The van der Waals surface area contributed by atoms with E-state index < -0.39 is 30.0 Å². The highest BCUT2D eigenvalue weighted by molar-refractivity contribution is 5.88. The number of amides is 2. The van der Waals surface area contributed by atoms with E-state index in [1.165, 1.54) is 6.07 Å². The average molecular weight is 337 g/mol. The molecule has 0 bridgehead atoms. The summed E-state index contributed by atoms with van der Waals surface area (Å²) in [6.45, 7) is 0. The first kappa shape index (κ1) is 16.3. The first-order valence-corrected chi connectivity index (χ1v) is 7.22. The zero-order valence-corrected chi connectivity index (χ0v) is 12.3. The number of nitrogens with zero attached hydrogens (tertiary/aromatic N) is 1. The van der Waals surface area contributed by atoms with E-state index >= 15 is 0 Å². The number of anilines is 1. The van der Waals surface area contributed by atoms with Crippen LogP contribution in [0.3, 0.4) is 0 Å². The highest BCUT2D eigenvalue weighted by atomic mass is 19.4. The quantitative estimate of drug-likeness (QED) is 0.789. The summed E-state index contributed by atoms with van der Waals surface area (Å²) in [6, 6.07) is 9.15. The minimum atomic E-state index is -4.59. The van der Waals surface area contributed by atoms with Gasteiger partial charge in [0.2, 0.25) is 0 Å². The van der Waals surface area contributed by atoms with E-state index in [-0.39, 0.29) is 5.82 Å². The molecular weight excluding hydrogens is 323 g/mol. The van der Waals surface area contributed by atoms with Crippen molar-refractivity contribution in [3.8, 4) is 0 Å². The third kappa shape index (κ3) is 3.33. The normalized spacial score (nSPS) is 19.7. The van der Waals surface area contributed by atoms with Crippen LogP contribution in [-0.2, 0) is 12.6 Å². The van der Waals surface area contributed by atoms with Crippen molar-refractivity contribution >= 4 is 11.8 Å². The zero-order valence-electron chi connectivity index (χ0n) is 12.3. The Kier molecular flexibility index (Phi) is 4.15. The van der Waals surface area contributed by atoms with Crippen LogP contribution in [-0.4, -0.2) is 22.2 Å². The zero-order chi connectivity index (χ0) is 17.3. The fourth-order valence-corrected chi connectivity index (χ4v) is 2.70. The van der Waals surface area contributed by atoms with Crippen LogP contribution < -0.4 is 10.6 Å². The van der Waals surface area contributed by atoms with Crippen molar-refractivity contribution in [3.63, 3.8) is 0 Å². The molecule has 2 aromatic rings. The summed E-state index contributed by atoms with van der Waals surface area (Å²) in [5.41, 5.74) is 0.621. The van der Waals surface area contributed by atoms with E-state index in [1.807, 2.05) is 12.1 Å². The van der Waals surface area contributed by atoms with Crippen molar-refractivity contribution in [2.75, 3.05) is 5.32 Å². The first-order valence-electron chi connectivity index (χ1n) is 7.22. The van der Waals surface area contributed by atoms with Crippen molar-refractivity contribution in [1.29, 1.82) is 0 Å². The van der Waals surface area contributed by atoms with Gasteiger partial charge in [0.25, 0.3) is 0 Å². The fourth-order valence-electron chi connectivity index (χ4n) is 2.70. The number of carbonyl (C=O) groups excluding carboxylic acids is 1. The van der Waals surface area contributed by atoms with Gasteiger partial charge in [0.05, 0.1) is 12.1 Å². The molecule has 0 saturated heterocycles. The Hall–Kier alpha value is -2.61. The van der Waals surface area contributed by atoms with Gasteiger partial charge >= 0.3 is 12.2 Å². The van der Waals surface area contributed by atoms with E-state index in [4.69, 9.17) is 0 Å². The Morgan fingerprint density at radius 3 is 2.67 bits per heavy atom. The lowest BCUT2D eigenvalue weighted by Crippen LogP contribution is -2.37. The van der Waals surface area contributed by atoms with Crippen molar-refractivity contribution in [1.82, 2.24) is 10.3 Å². The molecule has 2 atom stereocenters. The first-order chi connectivity index (χ1) is 11.3. The SMILES string of the molecule is O=C(Nc1cccc(C(F)(F)F)n1)N[C@H]1c2ccccc2C[C@@H]1O. The Labute approximate surface area is 135 Å². The van der Waals surface area contributed by atoms with Crippen molar-refractivity contribution < 1.29 is 23.1 Å². The third-order valence-corrected chi connectivity index (χ3v) is 3.77. The largest absolute Gasteiger partial charge is 0.433 e. The number of rotatable bonds is 2. The highest BCUT2D eigenvalue weighted by Gasteiger charge is 2.33. The van der Waals surface area contributed by atoms with Crippen LogP contribution in [0, 0.1) is 0 Å². The maximum absolute atomic E-state index is 12.6. The minimum absolute atomic E-state index is 0.219. The van der Waals surface area contributed by atoms with E-state index in [1.54, 1.807) is 12.1 Å². The van der Waals surface area contributed by atoms with Gasteiger partial charge in [-0.05, 0) is 23.3 Å². The van der Waals surface area contributed by atoms with Crippen LogP contribution in [0.4, 0.5) is 23.8 Å². The Bertz CT molecular complexity index is 764. The predicted molar refractivity (Wildman–Crippen MR) is 80.3 cm³/mol. The lowest BCUT2D eigenvalue weighted by atomic mass is 10.1. The number of alkyl halides is 3. The Morgan fingerprint density at radius 1 is 1.17 bits per heavy atom. The molecule has 3 rings (SSSR count). The number of fused-ring (bicyclic) bond motifs is 1. The number of aromatic nitrogens is 1. The molecule has 1 heterocycles. The average Bonchev–Trinajstić information content (AvgIpc) is 2.83. The predicted octanol–water partition coefficient (Wildman–Crippen LogP) is 2.88. The molecule has 0 unspecified atom stereocenters. The fraction of sp³-hybridized carbons (Fsp3) is 0.250. The molecule has 126 valence electrons. The number of benzene rings is 1. The van der Waals surface area contributed by atoms with Crippen LogP contribution in [0.1, 0.15) is 22.9 Å². The van der Waals surface area contributed by atoms with Crippen LogP contribution >= 0.6 is 0 Å². The van der Waals surface area contributed by atoms with Gasteiger partial charge in [0.15, 0.2) is 0 Å². The summed E-state index contributed by atoms with van der Waals surface area (Å²) in [5, 5.41) is 14.9. The van der Waals surface area contributed by atoms with Crippen LogP contribution in [0.2, 0.25) is 0 Å². The van der Waals surface area contributed by atoms with E-state index in [0.29, 0.717) is 6.42 Å². The molecule has 5 nitrogen and oxygen atoms in total. The van der Waals surface area contributed by atoms with Crippen molar-refractivity contribution in [3.05, 3.63) is 59.3 Å². The molecule has 8 heteroatoms. The summed E-state index contributed by atoms with van der Waals surface area (Å²) in [7, 11) is 0. The molecule has 0 spiro atoms. The maximum Gasteiger partial charge on any atom is 0.433 e. The molecule has 24 heavy (non-hydrogen) atoms. The molecule has 1 aromatic heterocycles. The Morgan fingerprint density at radius 2 is 1.92 bits per heavy atom. The molecule has 3 N–H and O–H groups in total. The summed E-state index contributed by atoms with van der Waals surface area (Å²) < 4.78 is 37.9. The van der Waals surface area contributed by atoms with Gasteiger partial charge in [-0.1, -0.05) is 30.3 Å². The van der Waals surface area contributed by atoms with Gasteiger partial charge in [-0.25, -0.2) is 9.78 Å². The van der Waals surface area contributed by atoms with Gasteiger partial charge in [-0.15, -0.1) is 0 Å². The minimum Gasteiger partial charge on any atom is -0.390 e. The van der Waals surface area contributed by atoms with E-state index in [0.717, 1.165) is 23.3 Å². The third-order valence-electron chi connectivity index (χ3n) is 3.77. The highest BCUT2D eigenvalue weighted by Crippen LogP contribution is 2.31. The standard InChI is InChI=1S/C16H14F3N3O2/c17-16(18,19)12-6-3-7-13(20-12)21-15(24)22-14-10-5-2-1-4-9(10)8-11(14)23/h1-7,11,14,23H,8H2,(H2,20,21,22,24)/t11-,14-/m0/s1. The van der Waals surface area contributed by atoms with Gasteiger partial charge in [0, 0.05) is 6.42 Å². The van der Waals surface area contributed by atoms with E-state index in [2.05, 4.69) is 15.6 Å². The van der Waals surface area contributed by atoms with Gasteiger partial charge in [0.1, 0.15) is 11.5 Å². The molecule has 0 fully saturated rings. The number of pyridine rings is 1. The lowest BCUT2D eigenvalue weighted by Gasteiger charge is -2.18. The summed E-state index contributed by atoms with van der Waals surface area (Å²) >= 11 is 0. The second-order valence-electron chi connectivity index (χ2n) is 5.45. The second-order valence-corrected chi connectivity index (χ2v) is 5.45. The number of hydrogen-bond donors (Lipinski definition) is 3. The lowest BCUT2D eigenvalue weighted by molar-refractivity contribution is -0.141. The van der Waals surface area contributed by atoms with Crippen molar-refractivity contribution in [2.24, 2.45) is 0 Å². The topological polar surface area (TPSA) is 74.2 Å². The number of urea groups is 1. The van der Waals surface area contributed by atoms with Crippen LogP contribution in [0.5, 0.6) is 0 Å². The number of aliphatic hydroxyl groups is 1. The number of halogens is 3. The van der Waals surface area contributed by atoms with Crippen LogP contribution in [0.25, 0.3) is 0 Å². The monoisotopic (exact) mass is 337 g/mol. The molecule has 0 aliphatic heterocycles. The number of carbonyl (C=O) groups is 1. The Balaban J connectivity index is 1.71.